The number of benzene rings is 1. The molecule has 0 aliphatic carbocycles. The van der Waals surface area contributed by atoms with Gasteiger partial charge in [0.2, 0.25) is 0 Å². The van der Waals surface area contributed by atoms with Gasteiger partial charge < -0.3 is 4.74 Å². The molecule has 4 heteroatoms. The number of carbonyl (C=O) groups is 1. The Labute approximate surface area is 74.7 Å². The number of nitrogens with one attached hydrogen (secondary N) is 1. The van der Waals surface area contributed by atoms with E-state index in [-0.39, 0.29) is 6.61 Å². The monoisotopic (exact) mass is 174 g/mol. The van der Waals surface area contributed by atoms with Crippen molar-refractivity contribution in [3.05, 3.63) is 29.3 Å². The molecule has 0 atom stereocenters. The van der Waals surface area contributed by atoms with Gasteiger partial charge in [-0.25, -0.2) is 4.79 Å². The number of anilines is 1. The van der Waals surface area contributed by atoms with Crippen molar-refractivity contribution in [1.82, 2.24) is 0 Å². The van der Waals surface area contributed by atoms with Gasteiger partial charge in [-0.15, -0.1) is 0 Å². The van der Waals surface area contributed by atoms with Crippen LogP contribution in [0.3, 0.4) is 0 Å². The van der Waals surface area contributed by atoms with Crippen LogP contribution in [-0.4, -0.2) is 6.09 Å². The van der Waals surface area contributed by atoms with Crippen LogP contribution in [0, 0.1) is 11.3 Å². The van der Waals surface area contributed by atoms with E-state index >= 15 is 0 Å². The summed E-state index contributed by atoms with van der Waals surface area (Å²) in [4.78, 5) is 10.8. The zero-order valence-electron chi connectivity index (χ0n) is 6.70. The van der Waals surface area contributed by atoms with Gasteiger partial charge in [-0.2, -0.15) is 5.26 Å². The van der Waals surface area contributed by atoms with E-state index in [1.807, 2.05) is 6.07 Å². The van der Waals surface area contributed by atoms with E-state index in [9.17, 15) is 4.79 Å². The molecule has 0 aromatic heterocycles. The van der Waals surface area contributed by atoms with E-state index in [0.717, 1.165) is 5.56 Å². The summed E-state index contributed by atoms with van der Waals surface area (Å²) in [5, 5.41) is 11.3. The molecule has 4 nitrogen and oxygen atoms in total. The highest BCUT2D eigenvalue weighted by atomic mass is 16.5. The number of nitriles is 1. The second kappa shape index (κ2) is 2.79. The molecule has 1 aliphatic heterocycles. The summed E-state index contributed by atoms with van der Waals surface area (Å²) in [5.74, 6) is 0. The van der Waals surface area contributed by atoms with Crippen molar-refractivity contribution >= 4 is 11.8 Å². The van der Waals surface area contributed by atoms with Gasteiger partial charge in [-0.1, -0.05) is 6.07 Å². The van der Waals surface area contributed by atoms with E-state index in [1.54, 1.807) is 18.2 Å². The molecule has 0 bridgehead atoms. The first-order chi connectivity index (χ1) is 6.31. The standard InChI is InChI=1S/C9H6N2O2/c10-4-6-2-1-3-8-7(6)5-13-9(12)11-8/h1-3H,5H2,(H,11,12). The molecule has 0 saturated carbocycles. The highest BCUT2D eigenvalue weighted by Gasteiger charge is 2.17. The summed E-state index contributed by atoms with van der Waals surface area (Å²) in [6.07, 6.45) is -0.470. The average molecular weight is 174 g/mol. The number of nitrogens with zero attached hydrogens (tertiary/aromatic N) is 1. The Hall–Kier alpha value is -2.02. The normalized spacial score (nSPS) is 13.6. The molecule has 0 fully saturated rings. The molecular formula is C9H6N2O2. The number of cyclic esters (lactones) is 1. The Bertz CT molecular complexity index is 407. The van der Waals surface area contributed by atoms with Gasteiger partial charge >= 0.3 is 6.09 Å². The fraction of sp³-hybridized carbons (Fsp3) is 0.111. The van der Waals surface area contributed by atoms with Crippen molar-refractivity contribution in [1.29, 1.82) is 5.26 Å². The van der Waals surface area contributed by atoms with Crippen molar-refractivity contribution in [2.75, 3.05) is 5.32 Å². The fourth-order valence-corrected chi connectivity index (χ4v) is 1.25. The first-order valence-electron chi connectivity index (χ1n) is 3.77. The lowest BCUT2D eigenvalue weighted by molar-refractivity contribution is 0.151. The number of hydrogen-bond donors (Lipinski definition) is 1. The van der Waals surface area contributed by atoms with E-state index in [2.05, 4.69) is 5.32 Å². The lowest BCUT2D eigenvalue weighted by atomic mass is 10.1. The molecule has 1 amide bonds. The second-order valence-electron chi connectivity index (χ2n) is 2.64. The maximum absolute atomic E-state index is 10.8. The van der Waals surface area contributed by atoms with Crippen LogP contribution >= 0.6 is 0 Å². The zero-order chi connectivity index (χ0) is 9.26. The molecule has 13 heavy (non-hydrogen) atoms. The van der Waals surface area contributed by atoms with Crippen LogP contribution in [0.1, 0.15) is 11.1 Å². The second-order valence-corrected chi connectivity index (χ2v) is 2.64. The number of fused-ring (bicyclic) bond motifs is 1. The topological polar surface area (TPSA) is 62.1 Å². The summed E-state index contributed by atoms with van der Waals surface area (Å²) >= 11 is 0. The third-order valence-corrected chi connectivity index (χ3v) is 1.88. The Balaban J connectivity index is 2.53. The van der Waals surface area contributed by atoms with Crippen LogP contribution in [-0.2, 0) is 11.3 Å². The van der Waals surface area contributed by atoms with Crippen LogP contribution in [0.2, 0.25) is 0 Å². The van der Waals surface area contributed by atoms with Crippen molar-refractivity contribution in [2.24, 2.45) is 0 Å². The van der Waals surface area contributed by atoms with Crippen molar-refractivity contribution in [3.8, 4) is 6.07 Å². The van der Waals surface area contributed by atoms with Crippen LogP contribution in [0.25, 0.3) is 0 Å². The van der Waals surface area contributed by atoms with Crippen LogP contribution in [0.15, 0.2) is 18.2 Å². The Morgan fingerprint density at radius 1 is 1.54 bits per heavy atom. The number of hydrogen-bond acceptors (Lipinski definition) is 3. The SMILES string of the molecule is N#Cc1cccc2c1COC(=O)N2. The lowest BCUT2D eigenvalue weighted by Crippen LogP contribution is -2.20. The number of amides is 1. The molecule has 2 rings (SSSR count). The minimum absolute atomic E-state index is 0.172. The van der Waals surface area contributed by atoms with Gasteiger partial charge in [-0.05, 0) is 12.1 Å². The molecule has 1 aromatic carbocycles. The van der Waals surface area contributed by atoms with Crippen LogP contribution in [0.5, 0.6) is 0 Å². The molecule has 1 aromatic rings. The third kappa shape index (κ3) is 1.20. The Kier molecular flexibility index (Phi) is 1.64. The highest BCUT2D eigenvalue weighted by molar-refractivity contribution is 5.88. The molecule has 0 saturated heterocycles. The van der Waals surface area contributed by atoms with Crippen LogP contribution < -0.4 is 5.32 Å². The first-order valence-corrected chi connectivity index (χ1v) is 3.77. The first kappa shape index (κ1) is 7.62. The number of ether oxygens (including phenoxy) is 1. The summed E-state index contributed by atoms with van der Waals surface area (Å²) in [7, 11) is 0. The Morgan fingerprint density at radius 3 is 3.15 bits per heavy atom. The van der Waals surface area contributed by atoms with Gasteiger partial charge in [-0.3, -0.25) is 5.32 Å². The maximum atomic E-state index is 10.8. The summed E-state index contributed by atoms with van der Waals surface area (Å²) in [6, 6.07) is 7.20. The molecule has 0 unspecified atom stereocenters. The van der Waals surface area contributed by atoms with Crippen molar-refractivity contribution in [3.63, 3.8) is 0 Å². The quantitative estimate of drug-likeness (QED) is 0.650. The van der Waals surface area contributed by atoms with E-state index in [4.69, 9.17) is 10.00 Å². The van der Waals surface area contributed by atoms with Gasteiger partial charge in [0.15, 0.2) is 0 Å². The van der Waals surface area contributed by atoms with E-state index in [1.165, 1.54) is 0 Å². The van der Waals surface area contributed by atoms with Crippen molar-refractivity contribution < 1.29 is 9.53 Å². The number of carbonyl (C=O) groups excluding carboxylic acids is 1. The lowest BCUT2D eigenvalue weighted by Gasteiger charge is -2.17. The molecule has 0 spiro atoms. The zero-order valence-corrected chi connectivity index (χ0v) is 6.70. The largest absolute Gasteiger partial charge is 0.444 e. The minimum atomic E-state index is -0.470. The highest BCUT2D eigenvalue weighted by Crippen LogP contribution is 2.24. The molecule has 1 N–H and O–H groups in total. The molecule has 0 radical (unpaired) electrons. The summed E-state index contributed by atoms with van der Waals surface area (Å²) in [5.41, 5.74) is 1.94. The van der Waals surface area contributed by atoms with Crippen LogP contribution in [0.4, 0.5) is 10.5 Å². The predicted octanol–water partition coefficient (Wildman–Crippen LogP) is 1.62. The maximum Gasteiger partial charge on any atom is 0.411 e. The number of rotatable bonds is 0. The van der Waals surface area contributed by atoms with Crippen molar-refractivity contribution in [2.45, 2.75) is 6.61 Å². The van der Waals surface area contributed by atoms with Gasteiger partial charge in [0, 0.05) is 5.56 Å². The molecule has 64 valence electrons. The van der Waals surface area contributed by atoms with Gasteiger partial charge in [0.05, 0.1) is 17.3 Å². The fourth-order valence-electron chi connectivity index (χ4n) is 1.25. The van der Waals surface area contributed by atoms with E-state index < -0.39 is 6.09 Å². The Morgan fingerprint density at radius 2 is 2.38 bits per heavy atom. The van der Waals surface area contributed by atoms with Gasteiger partial charge in [0.1, 0.15) is 6.61 Å². The van der Waals surface area contributed by atoms with E-state index in [0.29, 0.717) is 11.3 Å². The molecular weight excluding hydrogens is 168 g/mol. The average Bonchev–Trinajstić information content (AvgIpc) is 2.16. The molecule has 1 heterocycles. The molecule has 1 aliphatic rings. The smallest absolute Gasteiger partial charge is 0.411 e. The predicted molar refractivity (Wildman–Crippen MR) is 45.0 cm³/mol. The summed E-state index contributed by atoms with van der Waals surface area (Å²) < 4.78 is 4.75. The third-order valence-electron chi connectivity index (χ3n) is 1.88. The van der Waals surface area contributed by atoms with Gasteiger partial charge in [0.25, 0.3) is 0 Å². The summed E-state index contributed by atoms with van der Waals surface area (Å²) in [6.45, 7) is 0.172. The minimum Gasteiger partial charge on any atom is -0.444 e.